The van der Waals surface area contributed by atoms with E-state index in [1.807, 2.05) is 42.5 Å². The molecule has 0 bridgehead atoms. The van der Waals surface area contributed by atoms with E-state index in [0.29, 0.717) is 0 Å². The van der Waals surface area contributed by atoms with Crippen LogP contribution in [0.5, 0.6) is 5.75 Å². The van der Waals surface area contributed by atoms with Crippen LogP contribution in [0.15, 0.2) is 66.7 Å². The largest absolute Gasteiger partial charge is 0.481 e. The maximum absolute atomic E-state index is 12.7. The summed E-state index contributed by atoms with van der Waals surface area (Å²) < 4.78 is 43.2. The molecule has 0 saturated carbocycles. The van der Waals surface area contributed by atoms with Crippen molar-refractivity contribution in [1.29, 1.82) is 0 Å². The minimum Gasteiger partial charge on any atom is -0.481 e. The van der Waals surface area contributed by atoms with Crippen molar-refractivity contribution in [1.82, 2.24) is 5.32 Å². The Morgan fingerprint density at radius 3 is 2.55 bits per heavy atom. The molecule has 6 heteroatoms. The molecule has 1 N–H and O–H groups in total. The summed E-state index contributed by atoms with van der Waals surface area (Å²) in [6.45, 7) is 0.0655. The number of hydrogen-bond donors (Lipinski definition) is 1. The highest BCUT2D eigenvalue weighted by Crippen LogP contribution is 2.31. The van der Waals surface area contributed by atoms with Crippen molar-refractivity contribution in [2.75, 3.05) is 13.2 Å². The van der Waals surface area contributed by atoms with E-state index in [0.717, 1.165) is 28.5 Å². The van der Waals surface area contributed by atoms with Gasteiger partial charge in [0, 0.05) is 0 Å². The van der Waals surface area contributed by atoms with E-state index in [4.69, 9.17) is 4.74 Å². The van der Waals surface area contributed by atoms with Crippen LogP contribution in [0.3, 0.4) is 0 Å². The second-order valence-electron chi connectivity index (χ2n) is 6.26. The average Bonchev–Trinajstić information content (AvgIpc) is 2.70. The van der Waals surface area contributed by atoms with Gasteiger partial charge >= 0.3 is 6.18 Å². The van der Waals surface area contributed by atoms with Gasteiger partial charge in [-0.25, -0.2) is 0 Å². The lowest BCUT2D eigenvalue weighted by atomic mass is 10.0. The van der Waals surface area contributed by atoms with Gasteiger partial charge in [0.2, 0.25) is 5.91 Å². The first-order valence-electron chi connectivity index (χ1n) is 8.92. The Labute approximate surface area is 166 Å². The molecule has 0 fully saturated rings. The Morgan fingerprint density at radius 1 is 0.966 bits per heavy atom. The zero-order valence-corrected chi connectivity index (χ0v) is 15.4. The molecule has 1 amide bonds. The second kappa shape index (κ2) is 9.16. The van der Waals surface area contributed by atoms with Crippen LogP contribution in [0.1, 0.15) is 11.1 Å². The van der Waals surface area contributed by atoms with Gasteiger partial charge in [-0.3, -0.25) is 4.79 Å². The summed E-state index contributed by atoms with van der Waals surface area (Å²) in [6.07, 6.45) is -4.18. The van der Waals surface area contributed by atoms with Gasteiger partial charge in [-0.15, -0.1) is 0 Å². The van der Waals surface area contributed by atoms with E-state index in [-0.39, 0.29) is 31.2 Å². The minimum absolute atomic E-state index is 0.0689. The standard InChI is InChI=1S/C23H18F3NO2/c24-23(25,26)19-10-6-11-20(16-19)29-14-4-3-13-27-22(28)15-18-9-5-8-17-7-1-2-12-21(17)18/h1-2,5-12,16H,13-15H2,(H,27,28). The Kier molecular flexibility index (Phi) is 6.40. The third kappa shape index (κ3) is 5.76. The lowest BCUT2D eigenvalue weighted by Crippen LogP contribution is -2.25. The van der Waals surface area contributed by atoms with Crippen molar-refractivity contribution < 1.29 is 22.7 Å². The number of rotatable bonds is 5. The summed E-state index contributed by atoms with van der Waals surface area (Å²) in [5.74, 6) is 5.33. The molecular weight excluding hydrogens is 379 g/mol. The molecule has 0 saturated heterocycles. The van der Waals surface area contributed by atoms with Crippen LogP contribution in [0.4, 0.5) is 13.2 Å². The predicted octanol–water partition coefficient (Wildman–Crippen LogP) is 4.60. The third-order valence-electron chi connectivity index (χ3n) is 4.20. The number of amides is 1. The zero-order chi connectivity index (χ0) is 20.7. The molecule has 29 heavy (non-hydrogen) atoms. The van der Waals surface area contributed by atoms with Crippen LogP contribution in [0.25, 0.3) is 10.8 Å². The molecule has 3 nitrogen and oxygen atoms in total. The Morgan fingerprint density at radius 2 is 1.72 bits per heavy atom. The molecule has 3 aromatic rings. The Hall–Kier alpha value is -3.46. The van der Waals surface area contributed by atoms with Gasteiger partial charge in [0.15, 0.2) is 0 Å². The summed E-state index contributed by atoms with van der Waals surface area (Å²) in [5.41, 5.74) is 0.157. The minimum atomic E-state index is -4.42. The van der Waals surface area contributed by atoms with E-state index in [2.05, 4.69) is 17.2 Å². The van der Waals surface area contributed by atoms with E-state index >= 15 is 0 Å². The van der Waals surface area contributed by atoms with Crippen LogP contribution in [0, 0.1) is 11.8 Å². The number of nitrogens with one attached hydrogen (secondary N) is 1. The van der Waals surface area contributed by atoms with Crippen molar-refractivity contribution in [2.45, 2.75) is 12.6 Å². The average molecular weight is 397 g/mol. The van der Waals surface area contributed by atoms with Crippen molar-refractivity contribution in [3.63, 3.8) is 0 Å². The quantitative estimate of drug-likeness (QED) is 0.639. The molecule has 0 atom stereocenters. The highest BCUT2D eigenvalue weighted by molar-refractivity contribution is 5.90. The lowest BCUT2D eigenvalue weighted by molar-refractivity contribution is -0.137. The number of ether oxygens (including phenoxy) is 1. The fourth-order valence-corrected chi connectivity index (χ4v) is 2.82. The normalized spacial score (nSPS) is 10.9. The lowest BCUT2D eigenvalue weighted by Gasteiger charge is -2.08. The number of carbonyl (C=O) groups is 1. The maximum atomic E-state index is 12.7. The zero-order valence-electron chi connectivity index (χ0n) is 15.4. The number of halogens is 3. The van der Waals surface area contributed by atoms with Gasteiger partial charge in [0.25, 0.3) is 0 Å². The van der Waals surface area contributed by atoms with E-state index in [1.54, 1.807) is 0 Å². The first-order valence-corrected chi connectivity index (χ1v) is 8.92. The van der Waals surface area contributed by atoms with Gasteiger partial charge in [-0.05, 0) is 34.5 Å². The number of alkyl halides is 3. The van der Waals surface area contributed by atoms with E-state index in [9.17, 15) is 18.0 Å². The summed E-state index contributed by atoms with van der Waals surface area (Å²) in [4.78, 5) is 12.1. The number of benzene rings is 3. The van der Waals surface area contributed by atoms with Crippen LogP contribution >= 0.6 is 0 Å². The molecule has 148 valence electrons. The Bertz CT molecular complexity index is 1060. The highest BCUT2D eigenvalue weighted by Gasteiger charge is 2.30. The molecule has 0 aromatic heterocycles. The van der Waals surface area contributed by atoms with Crippen molar-refractivity contribution >= 4 is 16.7 Å². The first kappa shape index (κ1) is 20.3. The molecule has 0 heterocycles. The van der Waals surface area contributed by atoms with Crippen LogP contribution in [0.2, 0.25) is 0 Å². The summed E-state index contributed by atoms with van der Waals surface area (Å²) in [7, 11) is 0. The van der Waals surface area contributed by atoms with Gasteiger partial charge < -0.3 is 10.1 Å². The third-order valence-corrected chi connectivity index (χ3v) is 4.20. The van der Waals surface area contributed by atoms with Crippen LogP contribution < -0.4 is 10.1 Å². The summed E-state index contributed by atoms with van der Waals surface area (Å²) in [5, 5.41) is 4.81. The van der Waals surface area contributed by atoms with Gasteiger partial charge in [0.05, 0.1) is 18.5 Å². The van der Waals surface area contributed by atoms with Crippen molar-refractivity contribution in [2.24, 2.45) is 0 Å². The maximum Gasteiger partial charge on any atom is 0.416 e. The fraction of sp³-hybridized carbons (Fsp3) is 0.174. The molecule has 0 unspecified atom stereocenters. The molecule has 0 aliphatic heterocycles. The Balaban J connectivity index is 1.46. The van der Waals surface area contributed by atoms with Gasteiger partial charge in [0.1, 0.15) is 12.4 Å². The predicted molar refractivity (Wildman–Crippen MR) is 105 cm³/mol. The second-order valence-corrected chi connectivity index (χ2v) is 6.26. The fourth-order valence-electron chi connectivity index (χ4n) is 2.82. The molecule has 3 aromatic carbocycles. The SMILES string of the molecule is O=C(Cc1cccc2ccccc12)NCC#CCOc1cccc(C(F)(F)F)c1. The number of fused-ring (bicyclic) bond motifs is 1. The molecule has 0 aliphatic carbocycles. The highest BCUT2D eigenvalue weighted by atomic mass is 19.4. The summed E-state index contributed by atoms with van der Waals surface area (Å²) in [6, 6.07) is 18.3. The summed E-state index contributed by atoms with van der Waals surface area (Å²) >= 11 is 0. The molecule has 0 spiro atoms. The topological polar surface area (TPSA) is 38.3 Å². The molecule has 0 radical (unpaired) electrons. The van der Waals surface area contributed by atoms with Crippen LogP contribution in [-0.2, 0) is 17.4 Å². The molecule has 0 aliphatic rings. The van der Waals surface area contributed by atoms with Gasteiger partial charge in [-0.1, -0.05) is 60.4 Å². The molecule has 3 rings (SSSR count). The van der Waals surface area contributed by atoms with E-state index in [1.165, 1.54) is 12.1 Å². The van der Waals surface area contributed by atoms with E-state index < -0.39 is 11.7 Å². The van der Waals surface area contributed by atoms with Crippen molar-refractivity contribution in [3.05, 3.63) is 77.9 Å². The van der Waals surface area contributed by atoms with Crippen LogP contribution in [-0.4, -0.2) is 19.1 Å². The smallest absolute Gasteiger partial charge is 0.416 e. The molecular formula is C23H18F3NO2. The monoisotopic (exact) mass is 397 g/mol. The first-order chi connectivity index (χ1) is 13.9. The van der Waals surface area contributed by atoms with Gasteiger partial charge in [-0.2, -0.15) is 13.2 Å². The number of carbonyl (C=O) groups excluding carboxylic acids is 1. The number of hydrogen-bond acceptors (Lipinski definition) is 2. The van der Waals surface area contributed by atoms with Crippen molar-refractivity contribution in [3.8, 4) is 17.6 Å².